The summed E-state index contributed by atoms with van der Waals surface area (Å²) in [6.45, 7) is 8.64. The normalized spacial score (nSPS) is 11.4. The Hall–Kier alpha value is -2.69. The standard InChI is InChI=1S/C28H28P/c1-21-5-13-25(14-6-21)29(26-15-7-22(2)8-16-26,27-17-9-23(3)10-18-27)28-19-11-24(4)12-20-28/h5-20H,1-4H3/q+1. The smallest absolute Gasteiger partial charge is 0.0554 e. The van der Waals surface area contributed by atoms with Gasteiger partial charge >= 0.3 is 0 Å². The summed E-state index contributed by atoms with van der Waals surface area (Å²) in [5, 5.41) is 5.61. The molecule has 0 saturated carbocycles. The molecule has 4 aromatic rings. The fourth-order valence-electron chi connectivity index (χ4n) is 3.97. The van der Waals surface area contributed by atoms with Crippen LogP contribution >= 0.6 is 7.26 Å². The second-order valence-electron chi connectivity index (χ2n) is 8.01. The van der Waals surface area contributed by atoms with Crippen molar-refractivity contribution in [1.82, 2.24) is 0 Å². The molecule has 0 radical (unpaired) electrons. The molecule has 0 unspecified atom stereocenters. The predicted octanol–water partition coefficient (Wildman–Crippen LogP) is 5.54. The van der Waals surface area contributed by atoms with E-state index in [2.05, 4.69) is 125 Å². The van der Waals surface area contributed by atoms with Gasteiger partial charge in [-0.3, -0.25) is 0 Å². The topological polar surface area (TPSA) is 0 Å². The van der Waals surface area contributed by atoms with Gasteiger partial charge in [-0.1, -0.05) is 70.8 Å². The van der Waals surface area contributed by atoms with Gasteiger partial charge < -0.3 is 0 Å². The zero-order valence-electron chi connectivity index (χ0n) is 17.7. The van der Waals surface area contributed by atoms with E-state index in [1.807, 2.05) is 0 Å². The molecule has 0 spiro atoms. The van der Waals surface area contributed by atoms with Crippen LogP contribution in [0, 0.1) is 27.7 Å². The lowest BCUT2D eigenvalue weighted by Gasteiger charge is -2.28. The maximum Gasteiger partial charge on any atom is 0.144 e. The van der Waals surface area contributed by atoms with Crippen molar-refractivity contribution in [2.24, 2.45) is 0 Å². The molecule has 144 valence electrons. The van der Waals surface area contributed by atoms with E-state index >= 15 is 0 Å². The number of aryl methyl sites for hydroxylation is 4. The molecule has 0 saturated heterocycles. The second kappa shape index (κ2) is 7.97. The van der Waals surface area contributed by atoms with Crippen molar-refractivity contribution < 1.29 is 0 Å². The molecule has 0 aliphatic carbocycles. The molecule has 1 heteroatoms. The van der Waals surface area contributed by atoms with Gasteiger partial charge in [0.25, 0.3) is 0 Å². The molecule has 29 heavy (non-hydrogen) atoms. The van der Waals surface area contributed by atoms with Crippen LogP contribution in [0.2, 0.25) is 0 Å². The van der Waals surface area contributed by atoms with E-state index in [1.54, 1.807) is 0 Å². The highest BCUT2D eigenvalue weighted by atomic mass is 31.2. The zero-order chi connectivity index (χ0) is 20.4. The van der Waals surface area contributed by atoms with E-state index in [0.717, 1.165) is 0 Å². The Morgan fingerprint density at radius 3 is 0.655 bits per heavy atom. The van der Waals surface area contributed by atoms with Crippen LogP contribution in [-0.4, -0.2) is 0 Å². The van der Waals surface area contributed by atoms with Crippen molar-refractivity contribution in [3.05, 3.63) is 119 Å². The van der Waals surface area contributed by atoms with Crippen molar-refractivity contribution in [2.45, 2.75) is 27.7 Å². The van der Waals surface area contributed by atoms with Crippen molar-refractivity contribution in [3.8, 4) is 0 Å². The Bertz CT molecular complexity index is 900. The van der Waals surface area contributed by atoms with Gasteiger partial charge in [0.05, 0.1) is 0 Å². The minimum absolute atomic E-state index is 1.29. The SMILES string of the molecule is Cc1ccc([P+](c2ccc(C)cc2)(c2ccc(C)cc2)c2ccc(C)cc2)cc1. The minimum atomic E-state index is -1.98. The van der Waals surface area contributed by atoms with Crippen LogP contribution < -0.4 is 21.2 Å². The van der Waals surface area contributed by atoms with E-state index in [-0.39, 0.29) is 0 Å². The number of hydrogen-bond donors (Lipinski definition) is 0. The molecule has 0 aliphatic rings. The lowest BCUT2D eigenvalue weighted by molar-refractivity contribution is 1.47. The molecular weight excluding hydrogens is 367 g/mol. The summed E-state index contributed by atoms with van der Waals surface area (Å²) in [6.07, 6.45) is 0. The maximum atomic E-state index is 2.34. The van der Waals surface area contributed by atoms with Crippen molar-refractivity contribution in [1.29, 1.82) is 0 Å². The van der Waals surface area contributed by atoms with Gasteiger partial charge in [-0.15, -0.1) is 0 Å². The first-order valence-electron chi connectivity index (χ1n) is 10.2. The van der Waals surface area contributed by atoms with E-state index in [0.29, 0.717) is 0 Å². The maximum absolute atomic E-state index is 2.34. The number of hydrogen-bond acceptors (Lipinski definition) is 0. The van der Waals surface area contributed by atoms with Crippen LogP contribution in [0.15, 0.2) is 97.1 Å². The van der Waals surface area contributed by atoms with Crippen LogP contribution in [0.25, 0.3) is 0 Å². The molecule has 4 rings (SSSR count). The Balaban J connectivity index is 2.11. The summed E-state index contributed by atoms with van der Waals surface area (Å²) in [6, 6.07) is 36.7. The first-order valence-corrected chi connectivity index (χ1v) is 12.0. The predicted molar refractivity (Wildman–Crippen MR) is 130 cm³/mol. The van der Waals surface area contributed by atoms with Gasteiger partial charge in [0.2, 0.25) is 0 Å². The third kappa shape index (κ3) is 3.66. The summed E-state index contributed by atoms with van der Waals surface area (Å²) in [5.41, 5.74) is 5.18. The molecule has 0 atom stereocenters. The molecule has 0 heterocycles. The van der Waals surface area contributed by atoms with Crippen molar-refractivity contribution in [3.63, 3.8) is 0 Å². The molecule has 0 nitrogen and oxygen atoms in total. The first-order chi connectivity index (χ1) is 14.0. The molecule has 0 fully saturated rings. The summed E-state index contributed by atoms with van der Waals surface area (Å²) in [4.78, 5) is 0. The van der Waals surface area contributed by atoms with Crippen LogP contribution in [0.5, 0.6) is 0 Å². The summed E-state index contributed by atoms with van der Waals surface area (Å²) in [5.74, 6) is 0. The Morgan fingerprint density at radius 1 is 0.310 bits per heavy atom. The molecule has 0 bridgehead atoms. The van der Waals surface area contributed by atoms with E-state index in [1.165, 1.54) is 43.5 Å². The Labute approximate surface area is 175 Å². The number of rotatable bonds is 4. The lowest BCUT2D eigenvalue weighted by atomic mass is 10.2. The van der Waals surface area contributed by atoms with Crippen LogP contribution in [-0.2, 0) is 0 Å². The van der Waals surface area contributed by atoms with Crippen molar-refractivity contribution in [2.75, 3.05) is 0 Å². The van der Waals surface area contributed by atoms with E-state index in [9.17, 15) is 0 Å². The third-order valence-electron chi connectivity index (χ3n) is 5.69. The Morgan fingerprint density at radius 2 is 0.483 bits per heavy atom. The van der Waals surface area contributed by atoms with Gasteiger partial charge in [-0.2, -0.15) is 0 Å². The second-order valence-corrected chi connectivity index (χ2v) is 11.4. The number of benzene rings is 4. The van der Waals surface area contributed by atoms with Gasteiger partial charge in [0, 0.05) is 0 Å². The molecule has 0 amide bonds. The molecule has 0 N–H and O–H groups in total. The molecular formula is C28H28P+. The Kier molecular flexibility index (Phi) is 5.39. The van der Waals surface area contributed by atoms with Crippen LogP contribution in [0.4, 0.5) is 0 Å². The van der Waals surface area contributed by atoms with E-state index < -0.39 is 7.26 Å². The average Bonchev–Trinajstić information content (AvgIpc) is 2.73. The van der Waals surface area contributed by atoms with Gasteiger partial charge in [0.1, 0.15) is 28.5 Å². The summed E-state index contributed by atoms with van der Waals surface area (Å²) in [7, 11) is -1.98. The van der Waals surface area contributed by atoms with Crippen molar-refractivity contribution >= 4 is 28.5 Å². The summed E-state index contributed by atoms with van der Waals surface area (Å²) >= 11 is 0. The first kappa shape index (κ1) is 19.6. The van der Waals surface area contributed by atoms with Gasteiger partial charge in [-0.05, 0) is 76.2 Å². The fourth-order valence-corrected chi connectivity index (χ4v) is 8.14. The lowest BCUT2D eigenvalue weighted by Crippen LogP contribution is -2.38. The monoisotopic (exact) mass is 395 g/mol. The zero-order valence-corrected chi connectivity index (χ0v) is 18.6. The fraction of sp³-hybridized carbons (Fsp3) is 0.143. The van der Waals surface area contributed by atoms with Gasteiger partial charge in [0.15, 0.2) is 0 Å². The molecule has 0 aliphatic heterocycles. The largest absolute Gasteiger partial charge is 0.144 e. The summed E-state index contributed by atoms with van der Waals surface area (Å²) < 4.78 is 0. The average molecular weight is 396 g/mol. The highest BCUT2D eigenvalue weighted by Gasteiger charge is 2.47. The highest BCUT2D eigenvalue weighted by molar-refractivity contribution is 8.01. The third-order valence-corrected chi connectivity index (χ3v) is 9.98. The highest BCUT2D eigenvalue weighted by Crippen LogP contribution is 2.54. The molecule has 0 aromatic heterocycles. The van der Waals surface area contributed by atoms with E-state index in [4.69, 9.17) is 0 Å². The quantitative estimate of drug-likeness (QED) is 0.398. The van der Waals surface area contributed by atoms with Gasteiger partial charge in [-0.25, -0.2) is 0 Å². The van der Waals surface area contributed by atoms with Crippen LogP contribution in [0.1, 0.15) is 22.3 Å². The molecule has 4 aromatic carbocycles. The van der Waals surface area contributed by atoms with Crippen LogP contribution in [0.3, 0.4) is 0 Å². The minimum Gasteiger partial charge on any atom is -0.0554 e.